The van der Waals surface area contributed by atoms with E-state index in [-0.39, 0.29) is 24.4 Å². The molecule has 1 aliphatic rings. The number of rotatable bonds is 4. The summed E-state index contributed by atoms with van der Waals surface area (Å²) in [5.74, 6) is 1.04. The predicted molar refractivity (Wildman–Crippen MR) is 83.8 cm³/mol. The molecule has 116 valence electrons. The van der Waals surface area contributed by atoms with Gasteiger partial charge in [-0.25, -0.2) is 9.97 Å². The molecule has 0 bridgehead atoms. The molecule has 3 rings (SSSR count). The van der Waals surface area contributed by atoms with E-state index in [2.05, 4.69) is 38.0 Å². The van der Waals surface area contributed by atoms with Crippen LogP contribution in [0.15, 0.2) is 12.3 Å². The Kier molecular flexibility index (Phi) is 5.16. The van der Waals surface area contributed by atoms with E-state index in [1.807, 2.05) is 13.1 Å². The molecule has 2 unspecified atom stereocenters. The van der Waals surface area contributed by atoms with Gasteiger partial charge in [-0.2, -0.15) is 0 Å². The van der Waals surface area contributed by atoms with Gasteiger partial charge in [0, 0.05) is 43.5 Å². The fourth-order valence-electron chi connectivity index (χ4n) is 2.83. The number of aliphatic hydroxyl groups excluding tert-OH is 1. The number of aryl methyl sites for hydroxylation is 2. The molecule has 1 saturated heterocycles. The van der Waals surface area contributed by atoms with Crippen LogP contribution in [-0.2, 0) is 6.54 Å². The van der Waals surface area contributed by atoms with Crippen LogP contribution in [0, 0.1) is 19.8 Å². The Morgan fingerprint density at radius 1 is 1.43 bits per heavy atom. The number of β-amino-alcohol motifs (C(OH)–C–C–N with tert-alkyl or cyclic N) is 1. The summed E-state index contributed by atoms with van der Waals surface area (Å²) in [5, 5.41) is 16.4. The van der Waals surface area contributed by atoms with E-state index >= 15 is 0 Å². The van der Waals surface area contributed by atoms with E-state index < -0.39 is 0 Å². The zero-order valence-electron chi connectivity index (χ0n) is 12.3. The van der Waals surface area contributed by atoms with Crippen LogP contribution in [0.3, 0.4) is 0 Å². The van der Waals surface area contributed by atoms with Gasteiger partial charge in [-0.3, -0.25) is 4.40 Å². The highest BCUT2D eigenvalue weighted by Gasteiger charge is 2.24. The van der Waals surface area contributed by atoms with E-state index in [0.29, 0.717) is 6.54 Å². The molecule has 7 heteroatoms. The molecule has 2 aromatic rings. The molecule has 3 N–H and O–H groups in total. The smallest absolute Gasteiger partial charge is 0.234 e. The van der Waals surface area contributed by atoms with E-state index in [1.165, 1.54) is 0 Å². The highest BCUT2D eigenvalue weighted by atomic mass is 35.5. The number of hydrogen-bond acceptors (Lipinski definition) is 5. The van der Waals surface area contributed by atoms with Crippen molar-refractivity contribution < 1.29 is 5.11 Å². The van der Waals surface area contributed by atoms with Crippen molar-refractivity contribution in [3.63, 3.8) is 0 Å². The first-order chi connectivity index (χ1) is 9.65. The Morgan fingerprint density at radius 3 is 2.95 bits per heavy atom. The third kappa shape index (κ3) is 3.35. The van der Waals surface area contributed by atoms with Gasteiger partial charge in [-0.15, -0.1) is 12.4 Å². The summed E-state index contributed by atoms with van der Waals surface area (Å²) in [7, 11) is 0. The third-order valence-electron chi connectivity index (χ3n) is 3.88. The number of halogens is 1. The number of aromatic nitrogens is 3. The molecule has 0 amide bonds. The summed E-state index contributed by atoms with van der Waals surface area (Å²) in [6, 6.07) is 2.06. The average molecular weight is 312 g/mol. The van der Waals surface area contributed by atoms with Gasteiger partial charge in [0.2, 0.25) is 5.78 Å². The first kappa shape index (κ1) is 16.2. The molecule has 0 spiro atoms. The average Bonchev–Trinajstić information content (AvgIpc) is 2.97. The minimum atomic E-state index is -0.240. The fraction of sp³-hybridized carbons (Fsp3) is 0.571. The van der Waals surface area contributed by atoms with Gasteiger partial charge in [-0.05, 0) is 19.9 Å². The second kappa shape index (κ2) is 6.70. The van der Waals surface area contributed by atoms with Crippen LogP contribution >= 0.6 is 12.4 Å². The van der Waals surface area contributed by atoms with Crippen LogP contribution in [0.4, 0.5) is 0 Å². The topological polar surface area (TPSA) is 74.5 Å². The summed E-state index contributed by atoms with van der Waals surface area (Å²) < 4.78 is 2.07. The number of imidazole rings is 1. The van der Waals surface area contributed by atoms with Crippen molar-refractivity contribution in [1.82, 2.24) is 25.0 Å². The number of aliphatic hydroxyl groups is 1. The van der Waals surface area contributed by atoms with Crippen LogP contribution in [0.2, 0.25) is 0 Å². The lowest BCUT2D eigenvalue weighted by molar-refractivity contribution is 0.146. The van der Waals surface area contributed by atoms with Gasteiger partial charge in [0.15, 0.2) is 0 Å². The second-order valence-corrected chi connectivity index (χ2v) is 5.54. The molecule has 2 atom stereocenters. The lowest BCUT2D eigenvalue weighted by Gasteiger charge is -2.14. The molecule has 3 heterocycles. The molecule has 0 aromatic carbocycles. The number of fused-ring (bicyclic) bond motifs is 1. The summed E-state index contributed by atoms with van der Waals surface area (Å²) in [6.45, 7) is 7.16. The first-order valence-corrected chi connectivity index (χ1v) is 7.05. The lowest BCUT2D eigenvalue weighted by atomic mass is 10.1. The highest BCUT2D eigenvalue weighted by Crippen LogP contribution is 2.11. The van der Waals surface area contributed by atoms with Crippen molar-refractivity contribution in [2.75, 3.05) is 19.6 Å². The Bertz CT molecular complexity index is 615. The van der Waals surface area contributed by atoms with Crippen molar-refractivity contribution in [3.8, 4) is 0 Å². The molecule has 2 aromatic heterocycles. The Labute approximate surface area is 130 Å². The van der Waals surface area contributed by atoms with E-state index in [1.54, 1.807) is 0 Å². The zero-order chi connectivity index (χ0) is 14.1. The first-order valence-electron chi connectivity index (χ1n) is 7.05. The zero-order valence-corrected chi connectivity index (χ0v) is 13.2. The SMILES string of the molecule is Cc1cc(C)n2c(CNCC3CNCC3O)cnc2n1.Cl. The fourth-order valence-corrected chi connectivity index (χ4v) is 2.83. The van der Waals surface area contributed by atoms with Crippen molar-refractivity contribution in [3.05, 3.63) is 29.3 Å². The standard InChI is InChI=1S/C14H21N5O.ClH/c1-9-3-10(2)19-12(7-17-14(19)18-9)6-15-4-11-5-16-8-13(11)20;/h3,7,11,13,15-16,20H,4-6,8H2,1-2H3;1H. The van der Waals surface area contributed by atoms with Crippen molar-refractivity contribution >= 4 is 18.2 Å². The maximum absolute atomic E-state index is 9.76. The third-order valence-corrected chi connectivity index (χ3v) is 3.88. The molecule has 0 radical (unpaired) electrons. The van der Waals surface area contributed by atoms with Gasteiger partial charge in [0.1, 0.15) is 0 Å². The number of nitrogens with one attached hydrogen (secondary N) is 2. The Morgan fingerprint density at radius 2 is 2.24 bits per heavy atom. The monoisotopic (exact) mass is 311 g/mol. The van der Waals surface area contributed by atoms with Crippen LogP contribution in [0.5, 0.6) is 0 Å². The summed E-state index contributed by atoms with van der Waals surface area (Å²) in [4.78, 5) is 8.78. The molecule has 0 saturated carbocycles. The maximum Gasteiger partial charge on any atom is 0.234 e. The maximum atomic E-state index is 9.76. The van der Waals surface area contributed by atoms with Gasteiger partial charge >= 0.3 is 0 Å². The number of nitrogens with zero attached hydrogens (tertiary/aromatic N) is 3. The molecular formula is C14H22ClN5O. The normalized spacial score (nSPS) is 21.7. The van der Waals surface area contributed by atoms with Gasteiger partial charge in [0.05, 0.1) is 18.0 Å². The van der Waals surface area contributed by atoms with Gasteiger partial charge in [0.25, 0.3) is 0 Å². The molecular weight excluding hydrogens is 290 g/mol. The van der Waals surface area contributed by atoms with Crippen molar-refractivity contribution in [1.29, 1.82) is 0 Å². The quantitative estimate of drug-likeness (QED) is 0.764. The second-order valence-electron chi connectivity index (χ2n) is 5.54. The molecule has 0 aliphatic carbocycles. The lowest BCUT2D eigenvalue weighted by Crippen LogP contribution is -2.30. The predicted octanol–water partition coefficient (Wildman–Crippen LogP) is 0.438. The Balaban J connectivity index is 0.00000161. The van der Waals surface area contributed by atoms with E-state index in [4.69, 9.17) is 0 Å². The molecule has 1 aliphatic heterocycles. The van der Waals surface area contributed by atoms with Gasteiger partial charge in [-0.1, -0.05) is 0 Å². The molecule has 6 nitrogen and oxygen atoms in total. The van der Waals surface area contributed by atoms with Crippen molar-refractivity contribution in [2.45, 2.75) is 26.5 Å². The molecule has 1 fully saturated rings. The van der Waals surface area contributed by atoms with E-state index in [0.717, 1.165) is 42.5 Å². The van der Waals surface area contributed by atoms with Crippen LogP contribution in [-0.4, -0.2) is 45.2 Å². The van der Waals surface area contributed by atoms with Crippen molar-refractivity contribution in [2.24, 2.45) is 5.92 Å². The van der Waals surface area contributed by atoms with Crippen LogP contribution < -0.4 is 10.6 Å². The Hall–Kier alpha value is -1.21. The summed E-state index contributed by atoms with van der Waals surface area (Å²) in [5.41, 5.74) is 3.23. The van der Waals surface area contributed by atoms with E-state index in [9.17, 15) is 5.11 Å². The summed E-state index contributed by atoms with van der Waals surface area (Å²) >= 11 is 0. The minimum absolute atomic E-state index is 0. The number of hydrogen-bond donors (Lipinski definition) is 3. The minimum Gasteiger partial charge on any atom is -0.391 e. The van der Waals surface area contributed by atoms with Gasteiger partial charge < -0.3 is 15.7 Å². The highest BCUT2D eigenvalue weighted by molar-refractivity contribution is 5.85. The van der Waals surface area contributed by atoms with Crippen LogP contribution in [0.25, 0.3) is 5.78 Å². The largest absolute Gasteiger partial charge is 0.391 e. The van der Waals surface area contributed by atoms with Crippen LogP contribution in [0.1, 0.15) is 17.1 Å². The summed E-state index contributed by atoms with van der Waals surface area (Å²) in [6.07, 6.45) is 1.63. The molecule has 21 heavy (non-hydrogen) atoms.